The lowest BCUT2D eigenvalue weighted by Gasteiger charge is -2.25. The fourth-order valence-electron chi connectivity index (χ4n) is 1.61. The van der Waals surface area contributed by atoms with Gasteiger partial charge in [0, 0.05) is 6.04 Å². The van der Waals surface area contributed by atoms with E-state index in [0.29, 0.717) is 6.04 Å². The van der Waals surface area contributed by atoms with E-state index in [1.807, 2.05) is 0 Å². The minimum Gasteiger partial charge on any atom is -0.314 e. The summed E-state index contributed by atoms with van der Waals surface area (Å²) in [6.07, 6.45) is 4.21. The number of nitrogens with zero attached hydrogens (tertiary/aromatic N) is 2. The summed E-state index contributed by atoms with van der Waals surface area (Å²) in [4.78, 5) is 2.34. The van der Waals surface area contributed by atoms with Gasteiger partial charge in [-0.1, -0.05) is 13.3 Å². The van der Waals surface area contributed by atoms with E-state index in [4.69, 9.17) is 11.0 Å². The first-order valence-corrected chi connectivity index (χ1v) is 5.83. The third-order valence-electron chi connectivity index (χ3n) is 2.92. The average Bonchev–Trinajstić information content (AvgIpc) is 2.18. The molecule has 88 valence electrons. The highest BCUT2D eigenvalue weighted by atomic mass is 15.1. The summed E-state index contributed by atoms with van der Waals surface area (Å²) in [6, 6.07) is 2.75. The predicted octanol–water partition coefficient (Wildman–Crippen LogP) is 2.13. The van der Waals surface area contributed by atoms with Crippen LogP contribution in [-0.4, -0.2) is 30.1 Å². The van der Waals surface area contributed by atoms with Crippen molar-refractivity contribution in [2.75, 3.05) is 13.6 Å². The third kappa shape index (κ3) is 6.48. The second kappa shape index (κ2) is 6.81. The highest BCUT2D eigenvalue weighted by molar-refractivity contribution is 5.00. The number of rotatable bonds is 7. The van der Waals surface area contributed by atoms with Gasteiger partial charge in [0.25, 0.3) is 0 Å². The average molecular weight is 211 g/mol. The van der Waals surface area contributed by atoms with Gasteiger partial charge in [0.1, 0.15) is 5.54 Å². The van der Waals surface area contributed by atoms with Crippen molar-refractivity contribution in [1.29, 1.82) is 5.26 Å². The number of hydrogen-bond donors (Lipinski definition) is 1. The van der Waals surface area contributed by atoms with Crippen molar-refractivity contribution in [2.45, 2.75) is 58.0 Å². The molecule has 0 fully saturated rings. The van der Waals surface area contributed by atoms with Gasteiger partial charge in [0.15, 0.2) is 0 Å². The van der Waals surface area contributed by atoms with Crippen LogP contribution in [0.4, 0.5) is 0 Å². The Morgan fingerprint density at radius 2 is 2.13 bits per heavy atom. The van der Waals surface area contributed by atoms with Gasteiger partial charge in [0.05, 0.1) is 6.07 Å². The van der Waals surface area contributed by atoms with Gasteiger partial charge in [-0.15, -0.1) is 0 Å². The first-order valence-electron chi connectivity index (χ1n) is 5.83. The zero-order valence-corrected chi connectivity index (χ0v) is 10.6. The Morgan fingerprint density at radius 3 is 2.60 bits per heavy atom. The van der Waals surface area contributed by atoms with Crippen molar-refractivity contribution in [1.82, 2.24) is 4.90 Å². The van der Waals surface area contributed by atoms with Gasteiger partial charge < -0.3 is 10.6 Å². The predicted molar refractivity (Wildman–Crippen MR) is 64.4 cm³/mol. The van der Waals surface area contributed by atoms with Gasteiger partial charge in [-0.3, -0.25) is 0 Å². The second-order valence-electron chi connectivity index (χ2n) is 4.75. The van der Waals surface area contributed by atoms with Crippen LogP contribution in [0.1, 0.15) is 46.5 Å². The smallest absolute Gasteiger partial charge is 0.101 e. The molecule has 3 heteroatoms. The highest BCUT2D eigenvalue weighted by Gasteiger charge is 2.17. The molecule has 0 aliphatic rings. The summed E-state index contributed by atoms with van der Waals surface area (Å²) in [7, 11) is 2.14. The second-order valence-corrected chi connectivity index (χ2v) is 4.75. The van der Waals surface area contributed by atoms with Crippen LogP contribution >= 0.6 is 0 Å². The first kappa shape index (κ1) is 14.4. The lowest BCUT2D eigenvalue weighted by molar-refractivity contribution is 0.236. The molecule has 0 spiro atoms. The van der Waals surface area contributed by atoms with E-state index in [-0.39, 0.29) is 0 Å². The summed E-state index contributed by atoms with van der Waals surface area (Å²) in [5.41, 5.74) is 5.10. The van der Waals surface area contributed by atoms with Crippen LogP contribution in [0.25, 0.3) is 0 Å². The molecule has 2 unspecified atom stereocenters. The molecule has 0 heterocycles. The minimum atomic E-state index is -0.658. The molecule has 0 saturated heterocycles. The van der Waals surface area contributed by atoms with Crippen LogP contribution in [0.5, 0.6) is 0 Å². The van der Waals surface area contributed by atoms with Crippen LogP contribution in [0.2, 0.25) is 0 Å². The van der Waals surface area contributed by atoms with Crippen LogP contribution in [0.15, 0.2) is 0 Å². The van der Waals surface area contributed by atoms with Crippen LogP contribution < -0.4 is 5.73 Å². The molecule has 0 aromatic carbocycles. The van der Waals surface area contributed by atoms with Gasteiger partial charge >= 0.3 is 0 Å². The molecular weight excluding hydrogens is 186 g/mol. The highest BCUT2D eigenvalue weighted by Crippen LogP contribution is 2.10. The molecule has 15 heavy (non-hydrogen) atoms. The standard InChI is InChI=1S/C12H25N3/c1-5-7-11(2)15(4)9-6-8-12(3,14)10-13/h11H,5-9,14H2,1-4H3. The number of nitriles is 1. The Labute approximate surface area is 94.2 Å². The van der Waals surface area contributed by atoms with Gasteiger partial charge in [0.2, 0.25) is 0 Å². The molecule has 0 aromatic rings. The molecule has 0 amide bonds. The summed E-state index contributed by atoms with van der Waals surface area (Å²) < 4.78 is 0. The first-order chi connectivity index (χ1) is 6.93. The third-order valence-corrected chi connectivity index (χ3v) is 2.92. The molecule has 0 aliphatic heterocycles. The quantitative estimate of drug-likeness (QED) is 0.702. The van der Waals surface area contributed by atoms with Gasteiger partial charge in [-0.05, 0) is 46.7 Å². The SMILES string of the molecule is CCCC(C)N(C)CCCC(C)(N)C#N. The molecular formula is C12H25N3. The van der Waals surface area contributed by atoms with E-state index < -0.39 is 5.54 Å². The normalized spacial score (nSPS) is 17.1. The maximum atomic E-state index is 8.76. The number of hydrogen-bond acceptors (Lipinski definition) is 3. The number of nitrogens with two attached hydrogens (primary N) is 1. The molecule has 0 aromatic heterocycles. The molecule has 3 nitrogen and oxygen atoms in total. The van der Waals surface area contributed by atoms with E-state index in [2.05, 4.69) is 31.9 Å². The summed E-state index contributed by atoms with van der Waals surface area (Å²) in [5, 5.41) is 8.76. The van der Waals surface area contributed by atoms with E-state index in [1.165, 1.54) is 12.8 Å². The Morgan fingerprint density at radius 1 is 1.53 bits per heavy atom. The fraction of sp³-hybridized carbons (Fsp3) is 0.917. The van der Waals surface area contributed by atoms with Gasteiger partial charge in [-0.2, -0.15) is 5.26 Å². The van der Waals surface area contributed by atoms with E-state index in [0.717, 1.165) is 19.4 Å². The fourth-order valence-corrected chi connectivity index (χ4v) is 1.61. The maximum absolute atomic E-state index is 8.76. The molecule has 2 N–H and O–H groups in total. The Bertz CT molecular complexity index is 205. The van der Waals surface area contributed by atoms with Crippen LogP contribution in [0.3, 0.4) is 0 Å². The van der Waals surface area contributed by atoms with E-state index in [9.17, 15) is 0 Å². The monoisotopic (exact) mass is 211 g/mol. The summed E-state index contributed by atoms with van der Waals surface area (Å²) in [5.74, 6) is 0. The zero-order chi connectivity index (χ0) is 11.9. The Kier molecular flexibility index (Phi) is 6.55. The lowest BCUT2D eigenvalue weighted by atomic mass is 9.99. The Balaban J connectivity index is 3.73. The van der Waals surface area contributed by atoms with Crippen molar-refractivity contribution < 1.29 is 0 Å². The molecule has 2 atom stereocenters. The summed E-state index contributed by atoms with van der Waals surface area (Å²) >= 11 is 0. The Hall–Kier alpha value is -0.590. The van der Waals surface area contributed by atoms with Crippen molar-refractivity contribution in [2.24, 2.45) is 5.73 Å². The zero-order valence-electron chi connectivity index (χ0n) is 10.6. The van der Waals surface area contributed by atoms with Gasteiger partial charge in [-0.25, -0.2) is 0 Å². The molecule has 0 aliphatic carbocycles. The van der Waals surface area contributed by atoms with Crippen LogP contribution in [-0.2, 0) is 0 Å². The van der Waals surface area contributed by atoms with E-state index >= 15 is 0 Å². The molecule has 0 radical (unpaired) electrons. The largest absolute Gasteiger partial charge is 0.314 e. The lowest BCUT2D eigenvalue weighted by Crippen LogP contribution is -2.36. The van der Waals surface area contributed by atoms with Crippen molar-refractivity contribution in [3.8, 4) is 6.07 Å². The topological polar surface area (TPSA) is 53.0 Å². The van der Waals surface area contributed by atoms with Crippen molar-refractivity contribution >= 4 is 0 Å². The molecule has 0 bridgehead atoms. The molecule has 0 saturated carbocycles. The molecule has 0 rings (SSSR count). The van der Waals surface area contributed by atoms with E-state index in [1.54, 1.807) is 6.92 Å². The minimum absolute atomic E-state index is 0.626. The maximum Gasteiger partial charge on any atom is 0.101 e. The van der Waals surface area contributed by atoms with Crippen molar-refractivity contribution in [3.05, 3.63) is 0 Å². The summed E-state index contributed by atoms with van der Waals surface area (Å²) in [6.45, 7) is 7.27. The van der Waals surface area contributed by atoms with Crippen LogP contribution in [0, 0.1) is 11.3 Å². The van der Waals surface area contributed by atoms with Crippen molar-refractivity contribution in [3.63, 3.8) is 0 Å².